The third-order valence-corrected chi connectivity index (χ3v) is 12.9. The van der Waals surface area contributed by atoms with Crippen molar-refractivity contribution < 1.29 is 139 Å². The monoisotopic (exact) mass is 1400 g/mol. The first-order valence-corrected chi connectivity index (χ1v) is 29.8. The third kappa shape index (κ3) is 35.2. The highest BCUT2D eigenvalue weighted by molar-refractivity contribution is 6.13. The lowest BCUT2D eigenvalue weighted by Crippen LogP contribution is -2.49. The van der Waals surface area contributed by atoms with E-state index >= 15 is 0 Å². The Labute approximate surface area is 559 Å². The molecule has 3 aliphatic heterocycles. The zero-order valence-corrected chi connectivity index (χ0v) is 54.9. The maximum atomic E-state index is 12.6. The zero-order chi connectivity index (χ0) is 73.5. The minimum absolute atomic E-state index is 0.0204. The first-order valence-electron chi connectivity index (χ1n) is 29.8. The van der Waals surface area contributed by atoms with Gasteiger partial charge in [-0.1, -0.05) is 0 Å². The van der Waals surface area contributed by atoms with Crippen LogP contribution in [0, 0.1) is 0 Å². The Morgan fingerprint density at radius 3 is 0.929 bits per heavy atom. The quantitative estimate of drug-likeness (QED) is 0.0126. The number of methoxy groups -OCH3 is 7. The Hall–Kier alpha value is -11.4. The number of carbonyl (C=O) groups excluding carboxylic acids is 19. The fourth-order valence-corrected chi connectivity index (χ4v) is 7.80. The van der Waals surface area contributed by atoms with Crippen molar-refractivity contribution in [3.63, 3.8) is 0 Å². The third-order valence-electron chi connectivity index (χ3n) is 12.9. The summed E-state index contributed by atoms with van der Waals surface area (Å²) in [5.41, 5.74) is 0. The molecule has 1 fully saturated rings. The van der Waals surface area contributed by atoms with E-state index in [0.29, 0.717) is 24.3 Å². The second-order valence-corrected chi connectivity index (χ2v) is 19.7. The number of rotatable bonds is 37. The van der Waals surface area contributed by atoms with E-state index in [1.165, 1.54) is 21.3 Å². The van der Waals surface area contributed by atoms with Crippen LogP contribution >= 0.6 is 0 Å². The van der Waals surface area contributed by atoms with Gasteiger partial charge in [-0.15, -0.1) is 5.06 Å². The van der Waals surface area contributed by atoms with Crippen LogP contribution in [-0.2, 0) is 105 Å². The Morgan fingerprint density at radius 2 is 0.633 bits per heavy atom. The standard InChI is InChI=1S/C25H38N6O12.C18H26N4O9.C13H19N3O8/c1-40-23(37)28-12-5-7-16(29-24(38)41-2)21(35)26-11-4-6-17(30-25(39)42-3)22(36)27-13-15-43-20(34)10-14-31-18(32)8-9-19(31)33;1-29-17(27)20-8-3-4-12(21-18(28)30-2)16(26)19-9-11-31-15(25)7-10-22-13(23)5-6-14(22)24;1-22-12(20)14-7-3-4-8(15-13(21)23-2)11(19)24-16-9(17)5-6-10(16)18/h8-9,16-17H,4-7,10-15H2,1-3H3,(H,26,35)(H,27,36)(H,28,37)(H,29,38)(H,30,39);5-6,12H,3-4,7-11H2,1-2H3,(H,19,26)(H,20,27)(H,21,28);8H,3-7H2,1-2H3,(H,14,20)(H,15,21). The van der Waals surface area contributed by atoms with E-state index in [1.807, 2.05) is 0 Å². The Kier molecular flexibility index (Phi) is 41.7. The molecule has 4 unspecified atom stereocenters. The van der Waals surface area contributed by atoms with E-state index in [9.17, 15) is 91.1 Å². The maximum absolute atomic E-state index is 12.6. The molecule has 0 radical (unpaired) electrons. The van der Waals surface area contributed by atoms with Crippen molar-refractivity contribution in [2.45, 2.75) is 101 Å². The molecule has 0 bridgehead atoms. The van der Waals surface area contributed by atoms with Gasteiger partial charge in [-0.3, -0.25) is 62.5 Å². The van der Waals surface area contributed by atoms with Crippen LogP contribution in [0.1, 0.15) is 77.0 Å². The van der Waals surface area contributed by atoms with Crippen LogP contribution in [0.15, 0.2) is 24.3 Å². The molecule has 4 atom stereocenters. The number of hydroxylamine groups is 2. The summed E-state index contributed by atoms with van der Waals surface area (Å²) in [6.07, 6.45) is 0.523. The van der Waals surface area contributed by atoms with Gasteiger partial charge in [0.15, 0.2) is 0 Å². The highest BCUT2D eigenvalue weighted by Crippen LogP contribution is 2.14. The van der Waals surface area contributed by atoms with Gasteiger partial charge in [0.25, 0.3) is 35.4 Å². The van der Waals surface area contributed by atoms with Crippen LogP contribution in [0.2, 0.25) is 0 Å². The SMILES string of the molecule is COC(=O)NCCCC(NC(=O)OC)C(=O)NCCCC(NC(=O)OC)C(=O)NCCOC(=O)CCN1C(=O)C=CC1=O.COC(=O)NCCCC(NC(=O)OC)C(=O)NCCOC(=O)CCN1C(=O)C=CC1=O.COC(=O)NCCCC(NC(=O)OC)C(=O)ON1C(=O)CCC1=O. The number of esters is 2. The summed E-state index contributed by atoms with van der Waals surface area (Å²) in [6, 6.07) is -4.09. The van der Waals surface area contributed by atoms with Crippen LogP contribution in [0.25, 0.3) is 0 Å². The van der Waals surface area contributed by atoms with Gasteiger partial charge in [0, 0.05) is 76.4 Å². The number of ether oxygens (including phenoxy) is 9. The molecule has 0 spiro atoms. The highest BCUT2D eigenvalue weighted by atomic mass is 16.7. The van der Waals surface area contributed by atoms with E-state index in [2.05, 4.69) is 86.3 Å². The smallest absolute Gasteiger partial charge is 0.407 e. The van der Waals surface area contributed by atoms with Gasteiger partial charge in [-0.2, -0.15) is 0 Å². The number of nitrogens with zero attached hydrogens (tertiary/aromatic N) is 3. The molecule has 0 aromatic heterocycles. The minimum Gasteiger partial charge on any atom is -0.464 e. The summed E-state index contributed by atoms with van der Waals surface area (Å²) < 4.78 is 41.2. The lowest BCUT2D eigenvalue weighted by atomic mass is 10.1. The van der Waals surface area contributed by atoms with Crippen molar-refractivity contribution >= 4 is 114 Å². The number of nitrogens with one attached hydrogen (secondary N) is 10. The fourth-order valence-electron chi connectivity index (χ4n) is 7.80. The minimum atomic E-state index is -1.15. The normalized spacial score (nSPS) is 13.7. The van der Waals surface area contributed by atoms with Gasteiger partial charge in [0.05, 0.1) is 75.7 Å². The van der Waals surface area contributed by atoms with Gasteiger partial charge in [0.1, 0.15) is 37.4 Å². The number of hydrogen-bond acceptors (Lipinski definition) is 29. The molecule has 0 aliphatic carbocycles. The van der Waals surface area contributed by atoms with Crippen LogP contribution < -0.4 is 53.2 Å². The summed E-state index contributed by atoms with van der Waals surface area (Å²) in [5, 5.41) is 24.8. The topological polar surface area (TPSA) is 547 Å². The lowest BCUT2D eigenvalue weighted by Gasteiger charge is -2.19. The van der Waals surface area contributed by atoms with Gasteiger partial charge in [-0.05, 0) is 51.4 Å². The van der Waals surface area contributed by atoms with Crippen LogP contribution in [-0.4, -0.2) is 268 Å². The van der Waals surface area contributed by atoms with Crippen molar-refractivity contribution in [1.29, 1.82) is 0 Å². The molecule has 3 rings (SSSR count). The number of imide groups is 3. The van der Waals surface area contributed by atoms with Gasteiger partial charge >= 0.3 is 60.6 Å². The Bertz CT molecular complexity index is 2820. The van der Waals surface area contributed by atoms with E-state index in [1.54, 1.807) is 0 Å². The number of hydrogen-bond donors (Lipinski definition) is 10. The average Bonchev–Trinajstić information content (AvgIpc) is 1.73. The molecular formula is C56H83N13O29. The molecule has 42 heteroatoms. The van der Waals surface area contributed by atoms with Gasteiger partial charge in [0.2, 0.25) is 17.7 Å². The molecule has 0 aromatic rings. The molecule has 16 amide bonds. The molecule has 42 nitrogen and oxygen atoms in total. The highest BCUT2D eigenvalue weighted by Gasteiger charge is 2.36. The molecule has 0 aromatic carbocycles. The molecule has 1 saturated heterocycles. The summed E-state index contributed by atoms with van der Waals surface area (Å²) in [5.74, 6) is -7.23. The maximum Gasteiger partial charge on any atom is 0.407 e. The predicted octanol–water partition coefficient (Wildman–Crippen LogP) is -3.28. The second kappa shape index (κ2) is 48.3. The van der Waals surface area contributed by atoms with E-state index in [-0.39, 0.29) is 123 Å². The van der Waals surface area contributed by atoms with E-state index in [4.69, 9.17) is 14.3 Å². The number of carbonyl (C=O) groups is 19. The van der Waals surface area contributed by atoms with Gasteiger partial charge < -0.3 is 101 Å². The average molecular weight is 1400 g/mol. The van der Waals surface area contributed by atoms with Crippen molar-refractivity contribution in [2.24, 2.45) is 0 Å². The fraction of sp³-hybridized carbons (Fsp3) is 0.589. The van der Waals surface area contributed by atoms with Gasteiger partial charge in [-0.25, -0.2) is 38.4 Å². The molecule has 546 valence electrons. The first-order chi connectivity index (χ1) is 46.7. The lowest BCUT2D eigenvalue weighted by molar-refractivity contribution is -0.199. The summed E-state index contributed by atoms with van der Waals surface area (Å²) in [7, 11) is 8.18. The van der Waals surface area contributed by atoms with Crippen molar-refractivity contribution in [3.8, 4) is 0 Å². The molecule has 98 heavy (non-hydrogen) atoms. The Balaban J connectivity index is 0.000000769. The van der Waals surface area contributed by atoms with Crippen molar-refractivity contribution in [2.75, 3.05) is 115 Å². The zero-order valence-electron chi connectivity index (χ0n) is 54.9. The first kappa shape index (κ1) is 84.6. The summed E-state index contributed by atoms with van der Waals surface area (Å²) >= 11 is 0. The van der Waals surface area contributed by atoms with E-state index in [0.717, 1.165) is 62.5 Å². The largest absolute Gasteiger partial charge is 0.464 e. The second-order valence-electron chi connectivity index (χ2n) is 19.7. The summed E-state index contributed by atoms with van der Waals surface area (Å²) in [4.78, 5) is 228. The molecular weight excluding hydrogens is 1320 g/mol. The summed E-state index contributed by atoms with van der Waals surface area (Å²) in [6.45, 7) is 0.0186. The molecule has 10 N–H and O–H groups in total. The number of alkyl carbamates (subject to hydrolysis) is 7. The molecule has 0 saturated carbocycles. The van der Waals surface area contributed by atoms with Crippen LogP contribution in [0.3, 0.4) is 0 Å². The number of amides is 16. The van der Waals surface area contributed by atoms with Crippen LogP contribution in [0.4, 0.5) is 33.6 Å². The van der Waals surface area contributed by atoms with Crippen LogP contribution in [0.5, 0.6) is 0 Å². The predicted molar refractivity (Wildman–Crippen MR) is 325 cm³/mol. The van der Waals surface area contributed by atoms with E-state index < -0.39 is 138 Å². The molecule has 3 aliphatic rings. The van der Waals surface area contributed by atoms with Crippen molar-refractivity contribution in [3.05, 3.63) is 24.3 Å². The Morgan fingerprint density at radius 1 is 0.367 bits per heavy atom. The molecule has 3 heterocycles. The van der Waals surface area contributed by atoms with Crippen molar-refractivity contribution in [1.82, 2.24) is 68.0 Å².